The highest BCUT2D eigenvalue weighted by molar-refractivity contribution is 7.91. The molecule has 7 nitrogen and oxygen atoms in total. The Kier molecular flexibility index (Phi) is 6.86. The molecule has 158 valence electrons. The molecule has 0 spiro atoms. The third kappa shape index (κ3) is 5.44. The van der Waals surface area contributed by atoms with Gasteiger partial charge in [-0.15, -0.1) is 11.3 Å². The summed E-state index contributed by atoms with van der Waals surface area (Å²) in [5, 5.41) is 6.64. The lowest BCUT2D eigenvalue weighted by Crippen LogP contribution is -2.22. The van der Waals surface area contributed by atoms with Gasteiger partial charge in [0.2, 0.25) is 15.9 Å². The van der Waals surface area contributed by atoms with E-state index in [1.165, 1.54) is 0 Å². The Bertz CT molecular complexity index is 1160. The number of aromatic nitrogens is 1. The highest BCUT2D eigenvalue weighted by Crippen LogP contribution is 2.26. The van der Waals surface area contributed by atoms with E-state index in [-0.39, 0.29) is 16.7 Å². The minimum atomic E-state index is -3.61. The maximum absolute atomic E-state index is 12.6. The van der Waals surface area contributed by atoms with E-state index in [1.807, 2.05) is 31.2 Å². The summed E-state index contributed by atoms with van der Waals surface area (Å²) >= 11 is 1.14. The number of carbonyl (C=O) groups is 1. The van der Waals surface area contributed by atoms with Gasteiger partial charge in [-0.25, -0.2) is 13.1 Å². The van der Waals surface area contributed by atoms with Crippen molar-refractivity contribution in [1.82, 2.24) is 9.88 Å². The summed E-state index contributed by atoms with van der Waals surface area (Å²) in [6, 6.07) is 11.0. The highest BCUT2D eigenvalue weighted by atomic mass is 32.2. The predicted octanol–water partition coefficient (Wildman–Crippen LogP) is 4.35. The molecule has 0 radical (unpaired) electrons. The zero-order chi connectivity index (χ0) is 21.7. The zero-order valence-electron chi connectivity index (χ0n) is 16.9. The van der Waals surface area contributed by atoms with Crippen LogP contribution in [0.2, 0.25) is 0 Å². The van der Waals surface area contributed by atoms with Gasteiger partial charge in [0.05, 0.1) is 0 Å². The first kappa shape index (κ1) is 21.9. The summed E-state index contributed by atoms with van der Waals surface area (Å²) in [6.07, 6.45) is 3.73. The summed E-state index contributed by atoms with van der Waals surface area (Å²) in [5.41, 5.74) is 3.10. The lowest BCUT2D eigenvalue weighted by atomic mass is 10.2. The number of rotatable bonds is 8. The van der Waals surface area contributed by atoms with Crippen LogP contribution in [0.4, 0.5) is 5.69 Å². The smallest absolute Gasteiger partial charge is 0.250 e. The molecule has 9 heteroatoms. The average molecular weight is 446 g/mol. The summed E-state index contributed by atoms with van der Waals surface area (Å²) < 4.78 is 33.2. The molecular formula is C21H23N3O4S2. The van der Waals surface area contributed by atoms with Gasteiger partial charge in [-0.05, 0) is 43.7 Å². The molecular weight excluding hydrogens is 422 g/mol. The second-order valence-corrected chi connectivity index (χ2v) is 9.82. The van der Waals surface area contributed by atoms with Gasteiger partial charge in [-0.3, -0.25) is 4.79 Å². The maximum atomic E-state index is 12.6. The second-order valence-electron chi connectivity index (χ2n) is 6.71. The molecule has 0 aliphatic carbocycles. The fourth-order valence-electron chi connectivity index (χ4n) is 2.56. The van der Waals surface area contributed by atoms with Crippen molar-refractivity contribution in [3.05, 3.63) is 63.9 Å². The topological polar surface area (TPSA) is 101 Å². The van der Waals surface area contributed by atoms with Gasteiger partial charge >= 0.3 is 0 Å². The molecule has 0 aliphatic heterocycles. The first-order valence-corrected chi connectivity index (χ1v) is 11.7. The number of aryl methyl sites for hydroxylation is 2. The molecule has 0 saturated heterocycles. The number of thiophene rings is 1. The SMILES string of the molecule is CCC(=O)Nc1c(C)noc1C=Cc1ccc(S(=O)(=O)NCc2ccc(C)cc2)s1. The Hall–Kier alpha value is -2.75. The number of anilines is 1. The Labute approximate surface area is 179 Å². The van der Waals surface area contributed by atoms with Crippen LogP contribution in [0, 0.1) is 13.8 Å². The van der Waals surface area contributed by atoms with E-state index in [0.717, 1.165) is 27.3 Å². The van der Waals surface area contributed by atoms with E-state index in [1.54, 1.807) is 38.1 Å². The Morgan fingerprint density at radius 1 is 1.13 bits per heavy atom. The molecule has 2 heterocycles. The average Bonchev–Trinajstić information content (AvgIpc) is 3.34. The number of hydrogen-bond donors (Lipinski definition) is 2. The number of nitrogens with zero attached hydrogens (tertiary/aromatic N) is 1. The third-order valence-electron chi connectivity index (χ3n) is 4.33. The van der Waals surface area contributed by atoms with Gasteiger partial charge < -0.3 is 9.84 Å². The molecule has 2 aromatic heterocycles. The van der Waals surface area contributed by atoms with Crippen molar-refractivity contribution in [2.75, 3.05) is 5.32 Å². The fraction of sp³-hybridized carbons (Fsp3) is 0.238. The third-order valence-corrected chi connectivity index (χ3v) is 7.27. The zero-order valence-corrected chi connectivity index (χ0v) is 18.6. The summed E-state index contributed by atoms with van der Waals surface area (Å²) in [4.78, 5) is 12.4. The molecule has 2 N–H and O–H groups in total. The van der Waals surface area contributed by atoms with Gasteiger partial charge in [-0.1, -0.05) is 41.9 Å². The van der Waals surface area contributed by atoms with Crippen molar-refractivity contribution >= 4 is 45.1 Å². The minimum absolute atomic E-state index is 0.139. The van der Waals surface area contributed by atoms with Crippen LogP contribution in [0.15, 0.2) is 45.1 Å². The van der Waals surface area contributed by atoms with Gasteiger partial charge in [-0.2, -0.15) is 0 Å². The van der Waals surface area contributed by atoms with E-state index in [0.29, 0.717) is 23.6 Å². The number of sulfonamides is 1. The predicted molar refractivity (Wildman–Crippen MR) is 119 cm³/mol. The van der Waals surface area contributed by atoms with Crippen molar-refractivity contribution in [1.29, 1.82) is 0 Å². The first-order valence-electron chi connectivity index (χ1n) is 9.37. The van der Waals surface area contributed by atoms with Gasteiger partial charge in [0, 0.05) is 17.8 Å². The summed E-state index contributed by atoms with van der Waals surface area (Å²) in [6.45, 7) is 5.70. The molecule has 3 rings (SSSR count). The molecule has 3 aromatic rings. The minimum Gasteiger partial charge on any atom is -0.354 e. The van der Waals surface area contributed by atoms with Crippen LogP contribution in [0.1, 0.15) is 40.8 Å². The Morgan fingerprint density at radius 3 is 2.57 bits per heavy atom. The van der Waals surface area contributed by atoms with Crippen molar-refractivity contribution in [3.8, 4) is 0 Å². The Morgan fingerprint density at radius 2 is 1.87 bits per heavy atom. The van der Waals surface area contributed by atoms with Gasteiger partial charge in [0.1, 0.15) is 15.6 Å². The van der Waals surface area contributed by atoms with Crippen LogP contribution in [-0.4, -0.2) is 19.5 Å². The van der Waals surface area contributed by atoms with Crippen molar-refractivity contribution in [3.63, 3.8) is 0 Å². The number of nitrogens with one attached hydrogen (secondary N) is 2. The number of amides is 1. The number of carbonyl (C=O) groups excluding carboxylic acids is 1. The molecule has 0 unspecified atom stereocenters. The molecule has 0 aliphatic rings. The molecule has 0 bridgehead atoms. The summed E-state index contributed by atoms with van der Waals surface area (Å²) in [5.74, 6) is 0.268. The number of hydrogen-bond acceptors (Lipinski definition) is 6. The van der Waals surface area contributed by atoms with Crippen molar-refractivity contribution < 1.29 is 17.7 Å². The molecule has 1 amide bonds. The van der Waals surface area contributed by atoms with E-state index >= 15 is 0 Å². The van der Waals surface area contributed by atoms with Crippen molar-refractivity contribution in [2.45, 2.75) is 37.9 Å². The molecule has 0 fully saturated rings. The molecule has 0 saturated carbocycles. The summed E-state index contributed by atoms with van der Waals surface area (Å²) in [7, 11) is -3.61. The quantitative estimate of drug-likeness (QED) is 0.537. The van der Waals surface area contributed by atoms with Crippen LogP contribution in [0.3, 0.4) is 0 Å². The second kappa shape index (κ2) is 9.38. The maximum Gasteiger partial charge on any atom is 0.250 e. The van der Waals surface area contributed by atoms with Gasteiger partial charge in [0.15, 0.2) is 5.76 Å². The Balaban J connectivity index is 1.70. The monoisotopic (exact) mass is 445 g/mol. The molecule has 1 aromatic carbocycles. The molecule has 0 atom stereocenters. The first-order chi connectivity index (χ1) is 14.3. The van der Waals surface area contributed by atoms with E-state index in [9.17, 15) is 13.2 Å². The van der Waals surface area contributed by atoms with E-state index in [4.69, 9.17) is 4.52 Å². The fourth-order valence-corrected chi connectivity index (χ4v) is 4.85. The lowest BCUT2D eigenvalue weighted by molar-refractivity contribution is -0.115. The normalized spacial score (nSPS) is 11.8. The largest absolute Gasteiger partial charge is 0.354 e. The van der Waals surface area contributed by atoms with Crippen molar-refractivity contribution in [2.24, 2.45) is 0 Å². The van der Waals surface area contributed by atoms with Crippen LogP contribution < -0.4 is 10.0 Å². The van der Waals surface area contributed by atoms with Crippen LogP contribution in [-0.2, 0) is 21.4 Å². The van der Waals surface area contributed by atoms with Crippen LogP contribution in [0.25, 0.3) is 12.2 Å². The van der Waals surface area contributed by atoms with Crippen LogP contribution in [0.5, 0.6) is 0 Å². The lowest BCUT2D eigenvalue weighted by Gasteiger charge is -2.05. The van der Waals surface area contributed by atoms with E-state index in [2.05, 4.69) is 15.2 Å². The van der Waals surface area contributed by atoms with Crippen LogP contribution >= 0.6 is 11.3 Å². The van der Waals surface area contributed by atoms with Gasteiger partial charge in [0.25, 0.3) is 0 Å². The highest BCUT2D eigenvalue weighted by Gasteiger charge is 2.17. The van der Waals surface area contributed by atoms with E-state index < -0.39 is 10.0 Å². The standard InChI is InChI=1S/C21H23N3O4S2/c1-4-19(25)23-21-15(3)24-28-18(21)11-9-17-10-12-20(29-17)30(26,27)22-13-16-7-5-14(2)6-8-16/h5-12,22H,4,13H2,1-3H3,(H,23,25). The molecule has 30 heavy (non-hydrogen) atoms. The number of benzene rings is 1.